The molecule has 2 heteroatoms. The normalized spacial score (nSPS) is 50.5. The monoisotopic (exact) mass is 288 g/mol. The van der Waals surface area contributed by atoms with Gasteiger partial charge in [0.15, 0.2) is 0 Å². The Kier molecular flexibility index (Phi) is 3.10. The fraction of sp³-hybridized carbons (Fsp3) is 0.895. The molecule has 0 aromatic carbocycles. The Morgan fingerprint density at radius 1 is 1.00 bits per heavy atom. The molecule has 0 spiro atoms. The van der Waals surface area contributed by atoms with Crippen LogP contribution in [-0.4, -0.2) is 18.8 Å². The van der Waals surface area contributed by atoms with E-state index in [4.69, 9.17) is 9.47 Å². The topological polar surface area (TPSA) is 18.5 Å². The minimum absolute atomic E-state index is 0.542. The van der Waals surface area contributed by atoms with Crippen molar-refractivity contribution in [1.29, 1.82) is 0 Å². The van der Waals surface area contributed by atoms with Crippen LogP contribution in [0.1, 0.15) is 57.8 Å². The van der Waals surface area contributed by atoms with Gasteiger partial charge in [0.25, 0.3) is 0 Å². The predicted molar refractivity (Wildman–Crippen MR) is 81.7 cm³/mol. The summed E-state index contributed by atoms with van der Waals surface area (Å²) in [5, 5.41) is 0. The quantitative estimate of drug-likeness (QED) is 0.721. The Morgan fingerprint density at radius 2 is 1.81 bits per heavy atom. The average molecular weight is 288 g/mol. The maximum atomic E-state index is 6.37. The lowest BCUT2D eigenvalue weighted by Gasteiger charge is -2.35. The lowest BCUT2D eigenvalue weighted by atomic mass is 9.68. The Bertz CT molecular complexity index is 435. The van der Waals surface area contributed by atoms with Crippen LogP contribution < -0.4 is 0 Å². The van der Waals surface area contributed by atoms with Crippen molar-refractivity contribution in [3.8, 4) is 0 Å². The van der Waals surface area contributed by atoms with Gasteiger partial charge in [0.1, 0.15) is 0 Å². The Balaban J connectivity index is 1.21. The van der Waals surface area contributed by atoms with Gasteiger partial charge in [-0.05, 0) is 80.6 Å². The van der Waals surface area contributed by atoms with Crippen molar-refractivity contribution in [3.05, 3.63) is 11.8 Å². The third-order valence-corrected chi connectivity index (χ3v) is 7.24. The summed E-state index contributed by atoms with van der Waals surface area (Å²) < 4.78 is 12.4. The maximum absolute atomic E-state index is 6.37. The van der Waals surface area contributed by atoms with Crippen LogP contribution in [0.15, 0.2) is 11.8 Å². The zero-order valence-corrected chi connectivity index (χ0v) is 13.0. The Labute approximate surface area is 128 Å². The Hall–Kier alpha value is -0.500. The molecule has 2 aliphatic heterocycles. The SMILES string of the molecule is C(OCC1CC2OC1C1C3CCC(C3)C21)=C1CCCCC1. The summed E-state index contributed by atoms with van der Waals surface area (Å²) in [6.07, 6.45) is 15.7. The lowest BCUT2D eigenvalue weighted by molar-refractivity contribution is 0.0443. The first-order chi connectivity index (χ1) is 10.4. The summed E-state index contributed by atoms with van der Waals surface area (Å²) in [6.45, 7) is 0.908. The van der Waals surface area contributed by atoms with Crippen LogP contribution >= 0.6 is 0 Å². The molecule has 7 atom stereocenters. The van der Waals surface area contributed by atoms with Gasteiger partial charge in [-0.2, -0.15) is 0 Å². The average Bonchev–Trinajstić information content (AvgIpc) is 3.27. The van der Waals surface area contributed by atoms with Gasteiger partial charge in [-0.25, -0.2) is 0 Å². The summed E-state index contributed by atoms with van der Waals surface area (Å²) >= 11 is 0. The second-order valence-electron chi connectivity index (χ2n) is 8.29. The smallest absolute Gasteiger partial charge is 0.0927 e. The van der Waals surface area contributed by atoms with Crippen LogP contribution in [0, 0.1) is 29.6 Å². The van der Waals surface area contributed by atoms with Crippen molar-refractivity contribution >= 4 is 0 Å². The molecule has 5 fully saturated rings. The molecule has 116 valence electrons. The van der Waals surface area contributed by atoms with Crippen LogP contribution in [0.5, 0.6) is 0 Å². The molecule has 21 heavy (non-hydrogen) atoms. The molecule has 0 amide bonds. The zero-order chi connectivity index (χ0) is 13.8. The van der Waals surface area contributed by atoms with Crippen molar-refractivity contribution in [3.63, 3.8) is 0 Å². The van der Waals surface area contributed by atoms with Crippen molar-refractivity contribution in [2.45, 2.75) is 70.0 Å². The van der Waals surface area contributed by atoms with Gasteiger partial charge < -0.3 is 9.47 Å². The molecule has 5 rings (SSSR count). The van der Waals surface area contributed by atoms with Gasteiger partial charge in [0, 0.05) is 5.92 Å². The number of hydrogen-bond acceptors (Lipinski definition) is 2. The molecule has 4 bridgehead atoms. The van der Waals surface area contributed by atoms with E-state index in [0.29, 0.717) is 18.1 Å². The highest BCUT2D eigenvalue weighted by molar-refractivity contribution is 5.11. The summed E-state index contributed by atoms with van der Waals surface area (Å²) in [4.78, 5) is 0. The van der Waals surface area contributed by atoms with Crippen molar-refractivity contribution in [1.82, 2.24) is 0 Å². The molecule has 5 aliphatic rings. The van der Waals surface area contributed by atoms with Gasteiger partial charge >= 0.3 is 0 Å². The van der Waals surface area contributed by atoms with Crippen molar-refractivity contribution < 1.29 is 9.47 Å². The van der Waals surface area contributed by atoms with Crippen molar-refractivity contribution in [2.24, 2.45) is 29.6 Å². The number of fused-ring (bicyclic) bond motifs is 9. The molecular formula is C19H28O2. The molecule has 0 aromatic rings. The number of ether oxygens (including phenoxy) is 2. The standard InChI is InChI=1S/C19H28O2/c1-2-4-12(5-3-1)10-20-11-15-9-16-17-13-6-7-14(8-13)18(17)19(15)21-16/h10,13-19H,1-9,11H2. The molecule has 0 N–H and O–H groups in total. The lowest BCUT2D eigenvalue weighted by Crippen LogP contribution is -2.38. The van der Waals surface area contributed by atoms with Gasteiger partial charge in [-0.1, -0.05) is 6.42 Å². The summed E-state index contributed by atoms with van der Waals surface area (Å²) in [5.41, 5.74) is 1.54. The third-order valence-electron chi connectivity index (χ3n) is 7.24. The molecule has 0 radical (unpaired) electrons. The van der Waals surface area contributed by atoms with E-state index in [1.165, 1.54) is 57.8 Å². The molecular weight excluding hydrogens is 260 g/mol. The fourth-order valence-electron chi connectivity index (χ4n) is 6.45. The van der Waals surface area contributed by atoms with Gasteiger partial charge in [-0.15, -0.1) is 0 Å². The molecule has 2 saturated heterocycles. The van der Waals surface area contributed by atoms with Crippen LogP contribution in [0.25, 0.3) is 0 Å². The van der Waals surface area contributed by atoms with E-state index in [9.17, 15) is 0 Å². The minimum Gasteiger partial charge on any atom is -0.501 e. The predicted octanol–water partition coefficient (Wildman–Crippen LogP) is 4.30. The Morgan fingerprint density at radius 3 is 2.67 bits per heavy atom. The first-order valence-electron chi connectivity index (χ1n) is 9.35. The van der Waals surface area contributed by atoms with Crippen molar-refractivity contribution in [2.75, 3.05) is 6.61 Å². The van der Waals surface area contributed by atoms with Gasteiger partial charge in [0.2, 0.25) is 0 Å². The summed E-state index contributed by atoms with van der Waals surface area (Å²) in [7, 11) is 0. The highest BCUT2D eigenvalue weighted by Crippen LogP contribution is 2.63. The fourth-order valence-corrected chi connectivity index (χ4v) is 6.45. The van der Waals surface area contributed by atoms with Crippen LogP contribution in [0.2, 0.25) is 0 Å². The van der Waals surface area contributed by atoms with E-state index in [-0.39, 0.29) is 0 Å². The van der Waals surface area contributed by atoms with Gasteiger partial charge in [-0.3, -0.25) is 0 Å². The van der Waals surface area contributed by atoms with E-state index >= 15 is 0 Å². The minimum atomic E-state index is 0.542. The number of allylic oxidation sites excluding steroid dienone is 1. The van der Waals surface area contributed by atoms with Crippen LogP contribution in [0.4, 0.5) is 0 Å². The van der Waals surface area contributed by atoms with Crippen LogP contribution in [-0.2, 0) is 9.47 Å². The molecule has 3 aliphatic carbocycles. The molecule has 7 unspecified atom stereocenters. The number of rotatable bonds is 3. The van der Waals surface area contributed by atoms with Gasteiger partial charge in [0.05, 0.1) is 25.1 Å². The van der Waals surface area contributed by atoms with E-state index in [1.807, 2.05) is 0 Å². The first-order valence-corrected chi connectivity index (χ1v) is 9.35. The second kappa shape index (κ2) is 5.01. The maximum Gasteiger partial charge on any atom is 0.0927 e. The highest BCUT2D eigenvalue weighted by Gasteiger charge is 2.63. The third kappa shape index (κ3) is 2.01. The van der Waals surface area contributed by atoms with E-state index < -0.39 is 0 Å². The number of hydrogen-bond donors (Lipinski definition) is 0. The summed E-state index contributed by atoms with van der Waals surface area (Å²) in [6, 6.07) is 0. The first kappa shape index (κ1) is 13.0. The molecule has 2 heterocycles. The largest absolute Gasteiger partial charge is 0.501 e. The molecule has 3 saturated carbocycles. The van der Waals surface area contributed by atoms with E-state index in [1.54, 1.807) is 5.57 Å². The second-order valence-corrected chi connectivity index (χ2v) is 8.29. The molecule has 2 nitrogen and oxygen atoms in total. The molecule has 0 aromatic heterocycles. The van der Waals surface area contributed by atoms with E-state index in [2.05, 4.69) is 6.26 Å². The highest BCUT2D eigenvalue weighted by atomic mass is 16.5. The zero-order valence-electron chi connectivity index (χ0n) is 13.0. The summed E-state index contributed by atoms with van der Waals surface area (Å²) in [5.74, 6) is 4.52. The van der Waals surface area contributed by atoms with E-state index in [0.717, 1.165) is 30.3 Å². The van der Waals surface area contributed by atoms with Crippen LogP contribution in [0.3, 0.4) is 0 Å².